The lowest BCUT2D eigenvalue weighted by Gasteiger charge is -2.33. The molecule has 0 bridgehead atoms. The van der Waals surface area contributed by atoms with E-state index in [9.17, 15) is 4.79 Å². The van der Waals surface area contributed by atoms with Crippen LogP contribution in [0.15, 0.2) is 12.2 Å². The van der Waals surface area contributed by atoms with Crippen LogP contribution in [0.2, 0.25) is 0 Å². The minimum Gasteiger partial charge on any atom is -0.444 e. The molecule has 0 atom stereocenters. The number of likely N-dealkylation sites (tertiary alicyclic amines) is 1. The van der Waals surface area contributed by atoms with E-state index >= 15 is 0 Å². The maximum absolute atomic E-state index is 11.9. The summed E-state index contributed by atoms with van der Waals surface area (Å²) in [5.74, 6) is 0. The molecule has 1 aliphatic rings. The molecule has 0 unspecified atom stereocenters. The standard InChI is InChI=1S/C16H30N2O3/c1-13(2)12-20-11-8-17-14-6-9-18(10-7-14)15(19)21-16(3,4)5/h14,17H,1,6-12H2,2-5H3. The highest BCUT2D eigenvalue weighted by Gasteiger charge is 2.26. The van der Waals surface area contributed by atoms with E-state index in [4.69, 9.17) is 9.47 Å². The van der Waals surface area contributed by atoms with Crippen molar-refractivity contribution in [2.75, 3.05) is 32.8 Å². The van der Waals surface area contributed by atoms with Crippen molar-refractivity contribution in [3.05, 3.63) is 12.2 Å². The number of nitrogens with zero attached hydrogens (tertiary/aromatic N) is 1. The number of ether oxygens (including phenoxy) is 2. The fraction of sp³-hybridized carbons (Fsp3) is 0.812. The summed E-state index contributed by atoms with van der Waals surface area (Å²) in [6, 6.07) is 0.456. The van der Waals surface area contributed by atoms with E-state index < -0.39 is 5.60 Å². The minimum absolute atomic E-state index is 0.203. The average Bonchev–Trinajstić information content (AvgIpc) is 2.36. The van der Waals surface area contributed by atoms with Gasteiger partial charge >= 0.3 is 6.09 Å². The van der Waals surface area contributed by atoms with Gasteiger partial charge in [0.15, 0.2) is 0 Å². The van der Waals surface area contributed by atoms with E-state index in [0.717, 1.165) is 38.0 Å². The number of rotatable bonds is 6. The van der Waals surface area contributed by atoms with Gasteiger partial charge in [-0.2, -0.15) is 0 Å². The normalized spacial score (nSPS) is 16.9. The minimum atomic E-state index is -0.424. The summed E-state index contributed by atoms with van der Waals surface area (Å²) in [6.07, 6.45) is 1.71. The van der Waals surface area contributed by atoms with E-state index in [1.165, 1.54) is 0 Å². The fourth-order valence-corrected chi connectivity index (χ4v) is 2.17. The Morgan fingerprint density at radius 3 is 2.48 bits per heavy atom. The molecule has 0 aromatic carbocycles. The van der Waals surface area contributed by atoms with Crippen molar-refractivity contribution in [3.8, 4) is 0 Å². The van der Waals surface area contributed by atoms with Gasteiger partial charge in [0.05, 0.1) is 13.2 Å². The third kappa shape index (κ3) is 8.07. The first-order valence-electron chi connectivity index (χ1n) is 7.71. The van der Waals surface area contributed by atoms with Crippen LogP contribution in [0.5, 0.6) is 0 Å². The Morgan fingerprint density at radius 1 is 1.33 bits per heavy atom. The Balaban J connectivity index is 2.14. The van der Waals surface area contributed by atoms with Crippen LogP contribution in [0.4, 0.5) is 4.79 Å². The Kier molecular flexibility index (Phi) is 7.18. The van der Waals surface area contributed by atoms with Gasteiger partial charge in [-0.05, 0) is 40.5 Å². The molecule has 0 radical (unpaired) electrons. The second-order valence-electron chi connectivity index (χ2n) is 6.71. The number of amides is 1. The molecule has 122 valence electrons. The zero-order chi connectivity index (χ0) is 15.9. The summed E-state index contributed by atoms with van der Waals surface area (Å²) >= 11 is 0. The summed E-state index contributed by atoms with van der Waals surface area (Å²) in [5.41, 5.74) is 0.618. The highest BCUT2D eigenvalue weighted by atomic mass is 16.6. The molecule has 1 rings (SSSR count). The van der Waals surface area contributed by atoms with Crippen LogP contribution in [0.1, 0.15) is 40.5 Å². The molecular weight excluding hydrogens is 268 g/mol. The second kappa shape index (κ2) is 8.39. The van der Waals surface area contributed by atoms with Crippen molar-refractivity contribution in [2.45, 2.75) is 52.2 Å². The molecule has 1 saturated heterocycles. The zero-order valence-electron chi connectivity index (χ0n) is 13.9. The molecule has 1 fully saturated rings. The zero-order valence-corrected chi connectivity index (χ0v) is 13.9. The van der Waals surface area contributed by atoms with Gasteiger partial charge in [-0.25, -0.2) is 4.79 Å². The van der Waals surface area contributed by atoms with Crippen molar-refractivity contribution in [1.82, 2.24) is 10.2 Å². The van der Waals surface area contributed by atoms with Crippen molar-refractivity contribution in [3.63, 3.8) is 0 Å². The molecule has 1 aliphatic heterocycles. The van der Waals surface area contributed by atoms with Gasteiger partial charge in [-0.15, -0.1) is 0 Å². The van der Waals surface area contributed by atoms with Crippen LogP contribution in [0, 0.1) is 0 Å². The largest absolute Gasteiger partial charge is 0.444 e. The molecule has 0 saturated carbocycles. The molecule has 21 heavy (non-hydrogen) atoms. The van der Waals surface area contributed by atoms with E-state index in [0.29, 0.717) is 19.3 Å². The molecular formula is C16H30N2O3. The van der Waals surface area contributed by atoms with Gasteiger partial charge in [0.25, 0.3) is 0 Å². The van der Waals surface area contributed by atoms with E-state index in [-0.39, 0.29) is 6.09 Å². The van der Waals surface area contributed by atoms with Crippen molar-refractivity contribution in [1.29, 1.82) is 0 Å². The van der Waals surface area contributed by atoms with Crippen LogP contribution in [-0.4, -0.2) is 55.5 Å². The lowest BCUT2D eigenvalue weighted by molar-refractivity contribution is 0.0196. The lowest BCUT2D eigenvalue weighted by Crippen LogP contribution is -2.47. The molecule has 0 aromatic rings. The van der Waals surface area contributed by atoms with Crippen LogP contribution in [0.3, 0.4) is 0 Å². The molecule has 0 aliphatic carbocycles. The van der Waals surface area contributed by atoms with Crippen molar-refractivity contribution < 1.29 is 14.3 Å². The van der Waals surface area contributed by atoms with E-state index in [2.05, 4.69) is 11.9 Å². The van der Waals surface area contributed by atoms with Crippen LogP contribution in [-0.2, 0) is 9.47 Å². The maximum atomic E-state index is 11.9. The van der Waals surface area contributed by atoms with Crippen LogP contribution >= 0.6 is 0 Å². The molecule has 1 amide bonds. The smallest absolute Gasteiger partial charge is 0.410 e. The van der Waals surface area contributed by atoms with Gasteiger partial charge in [-0.1, -0.05) is 12.2 Å². The summed E-state index contributed by atoms with van der Waals surface area (Å²) in [5, 5.41) is 3.47. The fourth-order valence-electron chi connectivity index (χ4n) is 2.17. The predicted molar refractivity (Wildman–Crippen MR) is 84.5 cm³/mol. The number of hydrogen-bond acceptors (Lipinski definition) is 4. The topological polar surface area (TPSA) is 50.8 Å². The summed E-state index contributed by atoms with van der Waals surface area (Å²) < 4.78 is 10.8. The quantitative estimate of drug-likeness (QED) is 0.605. The van der Waals surface area contributed by atoms with Crippen LogP contribution in [0.25, 0.3) is 0 Å². The number of nitrogens with one attached hydrogen (secondary N) is 1. The Bertz CT molecular complexity index is 342. The van der Waals surface area contributed by atoms with E-state index in [1.807, 2.05) is 27.7 Å². The number of carbonyl (C=O) groups excluding carboxylic acids is 1. The first kappa shape index (κ1) is 18.0. The molecule has 1 N–H and O–H groups in total. The molecule has 0 aromatic heterocycles. The van der Waals surface area contributed by atoms with Gasteiger partial charge < -0.3 is 19.7 Å². The first-order chi connectivity index (χ1) is 9.78. The van der Waals surface area contributed by atoms with Gasteiger partial charge in [0.1, 0.15) is 5.60 Å². The van der Waals surface area contributed by atoms with Gasteiger partial charge in [0, 0.05) is 25.7 Å². The van der Waals surface area contributed by atoms with Crippen molar-refractivity contribution in [2.24, 2.45) is 0 Å². The molecule has 1 heterocycles. The molecule has 0 spiro atoms. The van der Waals surface area contributed by atoms with Crippen molar-refractivity contribution >= 4 is 6.09 Å². The number of hydrogen-bond donors (Lipinski definition) is 1. The highest BCUT2D eigenvalue weighted by molar-refractivity contribution is 5.68. The molecule has 5 nitrogen and oxygen atoms in total. The lowest BCUT2D eigenvalue weighted by atomic mass is 10.1. The third-order valence-electron chi connectivity index (χ3n) is 3.17. The maximum Gasteiger partial charge on any atom is 0.410 e. The number of piperidine rings is 1. The SMILES string of the molecule is C=C(C)COCCNC1CCN(C(=O)OC(C)(C)C)CC1. The molecule has 5 heteroatoms. The van der Waals surface area contributed by atoms with E-state index in [1.54, 1.807) is 4.90 Å². The average molecular weight is 298 g/mol. The Labute approximate surface area is 128 Å². The van der Waals surface area contributed by atoms with Gasteiger partial charge in [0.2, 0.25) is 0 Å². The summed E-state index contributed by atoms with van der Waals surface area (Å²) in [6.45, 7) is 15.1. The summed E-state index contributed by atoms with van der Waals surface area (Å²) in [4.78, 5) is 13.7. The van der Waals surface area contributed by atoms with Gasteiger partial charge in [-0.3, -0.25) is 0 Å². The predicted octanol–water partition coefficient (Wildman–Crippen LogP) is 2.57. The monoisotopic (exact) mass is 298 g/mol. The Hall–Kier alpha value is -1.07. The number of carbonyl (C=O) groups is 1. The first-order valence-corrected chi connectivity index (χ1v) is 7.71. The van der Waals surface area contributed by atoms with Crippen LogP contribution < -0.4 is 5.32 Å². The third-order valence-corrected chi connectivity index (χ3v) is 3.17. The Morgan fingerprint density at radius 2 is 1.95 bits per heavy atom. The second-order valence-corrected chi connectivity index (χ2v) is 6.71. The summed E-state index contributed by atoms with van der Waals surface area (Å²) in [7, 11) is 0. The highest BCUT2D eigenvalue weighted by Crippen LogP contribution is 2.15.